The van der Waals surface area contributed by atoms with Crippen LogP contribution in [0.5, 0.6) is 0 Å². The van der Waals surface area contributed by atoms with E-state index in [4.69, 9.17) is 4.42 Å². The molecule has 0 amide bonds. The van der Waals surface area contributed by atoms with Crippen LogP contribution in [-0.4, -0.2) is 31.5 Å². The molecule has 0 aliphatic rings. The molecule has 5 heteroatoms. The number of halogens is 2. The molecule has 16 heavy (non-hydrogen) atoms. The summed E-state index contributed by atoms with van der Waals surface area (Å²) >= 11 is 0. The summed E-state index contributed by atoms with van der Waals surface area (Å²) in [5, 5.41) is 3.14. The summed E-state index contributed by atoms with van der Waals surface area (Å²) in [5.74, 6) is 0.822. The molecule has 0 atom stereocenters. The predicted molar refractivity (Wildman–Crippen MR) is 58.4 cm³/mol. The van der Waals surface area contributed by atoms with E-state index in [1.165, 1.54) is 0 Å². The number of rotatable bonds is 7. The normalized spacial score (nSPS) is 11.6. The second-order valence-corrected chi connectivity index (χ2v) is 3.74. The van der Waals surface area contributed by atoms with Crippen LogP contribution in [0.1, 0.15) is 18.2 Å². The van der Waals surface area contributed by atoms with Crippen LogP contribution in [0.25, 0.3) is 0 Å². The fraction of sp³-hybridized carbons (Fsp3) is 0.636. The lowest BCUT2D eigenvalue weighted by atomic mass is 10.2. The maximum atomic E-state index is 12.1. The smallest absolute Gasteiger partial charge is 0.251 e. The van der Waals surface area contributed by atoms with Crippen LogP contribution in [-0.2, 0) is 13.1 Å². The summed E-state index contributed by atoms with van der Waals surface area (Å²) in [6, 6.07) is 1.83. The summed E-state index contributed by atoms with van der Waals surface area (Å²) in [5.41, 5.74) is 0.962. The molecule has 0 spiro atoms. The minimum absolute atomic E-state index is 0.216. The van der Waals surface area contributed by atoms with Gasteiger partial charge in [0.1, 0.15) is 5.76 Å². The van der Waals surface area contributed by atoms with Gasteiger partial charge in [0.15, 0.2) is 0 Å². The Hall–Kier alpha value is -0.940. The molecule has 0 aliphatic heterocycles. The third-order valence-corrected chi connectivity index (χ3v) is 2.26. The van der Waals surface area contributed by atoms with E-state index in [0.29, 0.717) is 13.1 Å². The Bertz CT molecular complexity index is 302. The predicted octanol–water partition coefficient (Wildman–Crippen LogP) is 2.09. The van der Waals surface area contributed by atoms with Gasteiger partial charge < -0.3 is 9.73 Å². The van der Waals surface area contributed by atoms with Gasteiger partial charge in [0.25, 0.3) is 6.43 Å². The molecule has 0 saturated carbocycles. The second-order valence-electron chi connectivity index (χ2n) is 3.74. The van der Waals surface area contributed by atoms with E-state index in [1.807, 2.05) is 13.0 Å². The molecular weight excluding hydrogens is 214 g/mol. The van der Waals surface area contributed by atoms with Gasteiger partial charge >= 0.3 is 0 Å². The molecule has 0 fully saturated rings. The molecule has 1 rings (SSSR count). The molecule has 1 heterocycles. The minimum Gasteiger partial charge on any atom is -0.468 e. The zero-order valence-corrected chi connectivity index (χ0v) is 9.67. The van der Waals surface area contributed by atoms with E-state index >= 15 is 0 Å². The molecule has 1 N–H and O–H groups in total. The van der Waals surface area contributed by atoms with Crippen molar-refractivity contribution in [3.63, 3.8) is 0 Å². The molecule has 0 saturated heterocycles. The molecule has 3 nitrogen and oxygen atoms in total. The van der Waals surface area contributed by atoms with Crippen molar-refractivity contribution >= 4 is 0 Å². The minimum atomic E-state index is -2.30. The molecule has 0 aliphatic carbocycles. The van der Waals surface area contributed by atoms with Crippen molar-refractivity contribution in [2.75, 3.05) is 20.1 Å². The van der Waals surface area contributed by atoms with Crippen molar-refractivity contribution in [3.05, 3.63) is 23.7 Å². The van der Waals surface area contributed by atoms with Crippen molar-refractivity contribution in [3.8, 4) is 0 Å². The first-order chi connectivity index (χ1) is 7.63. The second kappa shape index (κ2) is 6.60. The number of nitrogens with zero attached hydrogens (tertiary/aromatic N) is 1. The first-order valence-electron chi connectivity index (χ1n) is 5.36. The van der Waals surface area contributed by atoms with E-state index in [0.717, 1.165) is 17.9 Å². The standard InChI is InChI=1S/C11H18F2N2O/c1-3-14-6-10-9(4-5-16-10)7-15(2)8-11(12)13/h4-5,11,14H,3,6-8H2,1-2H3. The Morgan fingerprint density at radius 3 is 2.88 bits per heavy atom. The summed E-state index contributed by atoms with van der Waals surface area (Å²) in [6.45, 7) is 3.77. The average Bonchev–Trinajstić information content (AvgIpc) is 2.61. The van der Waals surface area contributed by atoms with Gasteiger partial charge in [-0.25, -0.2) is 8.78 Å². The fourth-order valence-electron chi connectivity index (χ4n) is 1.49. The number of nitrogens with one attached hydrogen (secondary N) is 1. The highest BCUT2D eigenvalue weighted by molar-refractivity contribution is 5.16. The molecule has 1 aromatic rings. The number of hydrogen-bond donors (Lipinski definition) is 1. The van der Waals surface area contributed by atoms with Gasteiger partial charge in [-0.05, 0) is 19.7 Å². The maximum Gasteiger partial charge on any atom is 0.251 e. The summed E-state index contributed by atoms with van der Waals surface area (Å²) in [7, 11) is 1.68. The van der Waals surface area contributed by atoms with Crippen molar-refractivity contribution in [2.45, 2.75) is 26.4 Å². The third kappa shape index (κ3) is 4.28. The summed E-state index contributed by atoms with van der Waals surface area (Å²) in [4.78, 5) is 1.59. The number of alkyl halides is 2. The number of furan rings is 1. The zero-order valence-electron chi connectivity index (χ0n) is 9.67. The third-order valence-electron chi connectivity index (χ3n) is 2.26. The lowest BCUT2D eigenvalue weighted by Crippen LogP contribution is -2.24. The Kier molecular flexibility index (Phi) is 5.42. The van der Waals surface area contributed by atoms with Crippen molar-refractivity contribution in [2.24, 2.45) is 0 Å². The van der Waals surface area contributed by atoms with Crippen molar-refractivity contribution in [1.82, 2.24) is 10.2 Å². The van der Waals surface area contributed by atoms with Crippen LogP contribution in [0.15, 0.2) is 16.7 Å². The molecule has 0 radical (unpaired) electrons. The quantitative estimate of drug-likeness (QED) is 0.780. The van der Waals surface area contributed by atoms with Crippen LogP contribution in [0, 0.1) is 0 Å². The van der Waals surface area contributed by atoms with Crippen LogP contribution in [0.4, 0.5) is 8.78 Å². The molecule has 1 aromatic heterocycles. The van der Waals surface area contributed by atoms with Crippen molar-refractivity contribution < 1.29 is 13.2 Å². The largest absolute Gasteiger partial charge is 0.468 e. The average molecular weight is 232 g/mol. The summed E-state index contributed by atoms with van der Waals surface area (Å²) < 4.78 is 29.6. The van der Waals surface area contributed by atoms with Gasteiger partial charge in [-0.1, -0.05) is 6.92 Å². The molecule has 0 aromatic carbocycles. The van der Waals surface area contributed by atoms with Crippen LogP contribution in [0.3, 0.4) is 0 Å². The van der Waals surface area contributed by atoms with Crippen LogP contribution < -0.4 is 5.32 Å². The van der Waals surface area contributed by atoms with Gasteiger partial charge in [-0.3, -0.25) is 4.90 Å². The van der Waals surface area contributed by atoms with Crippen LogP contribution >= 0.6 is 0 Å². The highest BCUT2D eigenvalue weighted by atomic mass is 19.3. The van der Waals surface area contributed by atoms with Gasteiger partial charge in [0, 0.05) is 12.1 Å². The van der Waals surface area contributed by atoms with E-state index in [9.17, 15) is 8.78 Å². The van der Waals surface area contributed by atoms with Gasteiger partial charge in [-0.2, -0.15) is 0 Å². The Labute approximate surface area is 94.4 Å². The van der Waals surface area contributed by atoms with Gasteiger partial charge in [0.2, 0.25) is 0 Å². The van der Waals surface area contributed by atoms with E-state index < -0.39 is 6.43 Å². The first kappa shape index (κ1) is 13.1. The molecule has 0 bridgehead atoms. The molecular formula is C11H18F2N2O. The Morgan fingerprint density at radius 2 is 2.25 bits per heavy atom. The topological polar surface area (TPSA) is 28.4 Å². The SMILES string of the molecule is CCNCc1occc1CN(C)CC(F)F. The van der Waals surface area contributed by atoms with Gasteiger partial charge in [0.05, 0.1) is 19.4 Å². The van der Waals surface area contributed by atoms with E-state index in [2.05, 4.69) is 5.32 Å². The number of hydrogen-bond acceptors (Lipinski definition) is 3. The van der Waals surface area contributed by atoms with Crippen molar-refractivity contribution in [1.29, 1.82) is 0 Å². The lowest BCUT2D eigenvalue weighted by molar-refractivity contribution is 0.0973. The Balaban J connectivity index is 2.49. The monoisotopic (exact) mass is 232 g/mol. The molecule has 0 unspecified atom stereocenters. The van der Waals surface area contributed by atoms with Crippen LogP contribution in [0.2, 0.25) is 0 Å². The summed E-state index contributed by atoms with van der Waals surface area (Å²) in [6.07, 6.45) is -0.702. The Morgan fingerprint density at radius 1 is 1.50 bits per heavy atom. The zero-order chi connectivity index (χ0) is 12.0. The highest BCUT2D eigenvalue weighted by Crippen LogP contribution is 2.13. The first-order valence-corrected chi connectivity index (χ1v) is 5.36. The fourth-order valence-corrected chi connectivity index (χ4v) is 1.49. The van der Waals surface area contributed by atoms with E-state index in [1.54, 1.807) is 18.2 Å². The lowest BCUT2D eigenvalue weighted by Gasteiger charge is -2.15. The molecule has 92 valence electrons. The van der Waals surface area contributed by atoms with E-state index in [-0.39, 0.29) is 6.54 Å². The highest BCUT2D eigenvalue weighted by Gasteiger charge is 2.11. The maximum absolute atomic E-state index is 12.1. The van der Waals surface area contributed by atoms with Gasteiger partial charge in [-0.15, -0.1) is 0 Å².